The average molecular weight is 290 g/mol. The highest BCUT2D eigenvalue weighted by Gasteiger charge is 2.75. The van der Waals surface area contributed by atoms with Crippen molar-refractivity contribution >= 4 is 0 Å². The van der Waals surface area contributed by atoms with Crippen LogP contribution in [0.3, 0.4) is 0 Å². The molecule has 1 unspecified atom stereocenters. The molecule has 8 heteroatoms. The third kappa shape index (κ3) is 2.68. The number of rotatable bonds is 3. The van der Waals surface area contributed by atoms with Gasteiger partial charge in [0.05, 0.1) is 0 Å². The Kier molecular flexibility index (Phi) is 3.86. The highest BCUT2D eigenvalue weighted by Crippen LogP contribution is 2.51. The standard InChI is InChI=1S/C11H9F7O/c1-6-3-2-4-7(5-6)8(19)9(12,13)10(14,15)11(16,17)18/h2-5,8,19H,1H3. The number of hydrogen-bond donors (Lipinski definition) is 1. The fourth-order valence-corrected chi connectivity index (χ4v) is 1.41. The number of aryl methyl sites for hydroxylation is 1. The van der Waals surface area contributed by atoms with Gasteiger partial charge < -0.3 is 5.11 Å². The Morgan fingerprint density at radius 2 is 1.53 bits per heavy atom. The fraction of sp³-hybridized carbons (Fsp3) is 0.455. The summed E-state index contributed by atoms with van der Waals surface area (Å²) < 4.78 is 87.6. The molecule has 0 amide bonds. The molecule has 1 rings (SSSR count). The van der Waals surface area contributed by atoms with Gasteiger partial charge in [0, 0.05) is 0 Å². The summed E-state index contributed by atoms with van der Waals surface area (Å²) in [6, 6.07) is 4.33. The topological polar surface area (TPSA) is 20.2 Å². The van der Waals surface area contributed by atoms with Crippen LogP contribution in [0, 0.1) is 6.92 Å². The van der Waals surface area contributed by atoms with E-state index in [4.69, 9.17) is 5.11 Å². The van der Waals surface area contributed by atoms with Crippen LogP contribution in [-0.4, -0.2) is 23.1 Å². The van der Waals surface area contributed by atoms with Crippen LogP contribution in [0.1, 0.15) is 17.2 Å². The minimum Gasteiger partial charge on any atom is -0.382 e. The van der Waals surface area contributed by atoms with Crippen molar-refractivity contribution in [1.82, 2.24) is 0 Å². The lowest BCUT2D eigenvalue weighted by Crippen LogP contribution is -2.54. The second kappa shape index (κ2) is 4.66. The van der Waals surface area contributed by atoms with E-state index in [0.29, 0.717) is 5.56 Å². The van der Waals surface area contributed by atoms with Gasteiger partial charge in [0.1, 0.15) is 6.10 Å². The molecule has 0 saturated carbocycles. The smallest absolute Gasteiger partial charge is 0.382 e. The predicted molar refractivity (Wildman–Crippen MR) is 52.1 cm³/mol. The molecule has 19 heavy (non-hydrogen) atoms. The molecule has 0 aliphatic rings. The Balaban J connectivity index is 3.20. The van der Waals surface area contributed by atoms with E-state index in [1.165, 1.54) is 13.0 Å². The average Bonchev–Trinajstić information content (AvgIpc) is 2.26. The Bertz CT molecular complexity index is 453. The first-order chi connectivity index (χ1) is 8.41. The van der Waals surface area contributed by atoms with Crippen LogP contribution in [0.2, 0.25) is 0 Å². The van der Waals surface area contributed by atoms with Crippen LogP contribution in [0.4, 0.5) is 30.7 Å². The summed E-state index contributed by atoms with van der Waals surface area (Å²) in [6.45, 7) is 1.41. The Labute approximate surface area is 103 Å². The summed E-state index contributed by atoms with van der Waals surface area (Å²) in [5, 5.41) is 9.14. The molecule has 0 aromatic heterocycles. The number of hydrogen-bond acceptors (Lipinski definition) is 1. The van der Waals surface area contributed by atoms with Gasteiger partial charge in [0.2, 0.25) is 0 Å². The van der Waals surface area contributed by atoms with Gasteiger partial charge in [-0.2, -0.15) is 30.7 Å². The first kappa shape index (κ1) is 15.7. The van der Waals surface area contributed by atoms with E-state index in [-0.39, 0.29) is 0 Å². The normalized spacial score (nSPS) is 15.4. The van der Waals surface area contributed by atoms with Gasteiger partial charge in [-0.15, -0.1) is 0 Å². The van der Waals surface area contributed by atoms with Gasteiger partial charge in [0.25, 0.3) is 0 Å². The summed E-state index contributed by atoms with van der Waals surface area (Å²) in [7, 11) is 0. The molecule has 0 aliphatic carbocycles. The van der Waals surface area contributed by atoms with Crippen molar-refractivity contribution < 1.29 is 35.8 Å². The van der Waals surface area contributed by atoms with Gasteiger partial charge >= 0.3 is 18.0 Å². The molecule has 1 nitrogen and oxygen atoms in total. The van der Waals surface area contributed by atoms with Gasteiger partial charge in [-0.3, -0.25) is 0 Å². The fourth-order valence-electron chi connectivity index (χ4n) is 1.41. The van der Waals surface area contributed by atoms with Gasteiger partial charge in [-0.25, -0.2) is 0 Å². The highest BCUT2D eigenvalue weighted by atomic mass is 19.4. The van der Waals surface area contributed by atoms with E-state index in [9.17, 15) is 30.7 Å². The number of alkyl halides is 7. The summed E-state index contributed by atoms with van der Waals surface area (Å²) in [5.74, 6) is -12.0. The van der Waals surface area contributed by atoms with Crippen molar-refractivity contribution in [3.8, 4) is 0 Å². The maximum absolute atomic E-state index is 13.2. The van der Waals surface area contributed by atoms with Crippen LogP contribution < -0.4 is 0 Å². The van der Waals surface area contributed by atoms with Crippen molar-refractivity contribution in [3.05, 3.63) is 35.4 Å². The van der Waals surface area contributed by atoms with Crippen molar-refractivity contribution in [3.63, 3.8) is 0 Å². The molecule has 108 valence electrons. The van der Waals surface area contributed by atoms with E-state index < -0.39 is 29.7 Å². The lowest BCUT2D eigenvalue weighted by molar-refractivity contribution is -0.372. The largest absolute Gasteiger partial charge is 0.459 e. The monoisotopic (exact) mass is 290 g/mol. The van der Waals surface area contributed by atoms with Crippen LogP contribution in [0.15, 0.2) is 24.3 Å². The van der Waals surface area contributed by atoms with Crippen LogP contribution in [0.25, 0.3) is 0 Å². The summed E-state index contributed by atoms with van der Waals surface area (Å²) in [6.07, 6.45) is -9.72. The molecule has 0 heterocycles. The molecule has 1 aromatic rings. The van der Waals surface area contributed by atoms with Crippen molar-refractivity contribution in [2.75, 3.05) is 0 Å². The number of aliphatic hydroxyl groups is 1. The van der Waals surface area contributed by atoms with Gasteiger partial charge in [-0.1, -0.05) is 29.8 Å². The molecule has 0 fully saturated rings. The minimum atomic E-state index is -6.46. The number of halogens is 7. The molecule has 0 spiro atoms. The zero-order chi connectivity index (χ0) is 15.1. The van der Waals surface area contributed by atoms with Crippen LogP contribution >= 0.6 is 0 Å². The van der Waals surface area contributed by atoms with E-state index in [0.717, 1.165) is 18.2 Å². The predicted octanol–water partition coefficient (Wildman–Crippen LogP) is 3.86. The second-order valence-electron chi connectivity index (χ2n) is 4.01. The van der Waals surface area contributed by atoms with Crippen LogP contribution in [0.5, 0.6) is 0 Å². The van der Waals surface area contributed by atoms with Crippen LogP contribution in [-0.2, 0) is 0 Å². The molecular formula is C11H9F7O. The molecule has 0 bridgehead atoms. The molecule has 1 N–H and O–H groups in total. The quantitative estimate of drug-likeness (QED) is 0.838. The number of benzene rings is 1. The second-order valence-corrected chi connectivity index (χ2v) is 4.01. The Morgan fingerprint density at radius 1 is 1.00 bits per heavy atom. The molecule has 0 radical (unpaired) electrons. The third-order valence-electron chi connectivity index (χ3n) is 2.48. The molecule has 0 aliphatic heterocycles. The third-order valence-corrected chi connectivity index (χ3v) is 2.48. The Hall–Kier alpha value is -1.31. The molecule has 0 saturated heterocycles. The van der Waals surface area contributed by atoms with Gasteiger partial charge in [-0.05, 0) is 12.5 Å². The summed E-state index contributed by atoms with van der Waals surface area (Å²) >= 11 is 0. The molecule has 1 aromatic carbocycles. The maximum Gasteiger partial charge on any atom is 0.459 e. The van der Waals surface area contributed by atoms with E-state index in [1.807, 2.05) is 0 Å². The van der Waals surface area contributed by atoms with E-state index in [2.05, 4.69) is 0 Å². The zero-order valence-corrected chi connectivity index (χ0v) is 9.48. The lowest BCUT2D eigenvalue weighted by atomic mass is 9.97. The van der Waals surface area contributed by atoms with Gasteiger partial charge in [0.15, 0.2) is 0 Å². The van der Waals surface area contributed by atoms with E-state index in [1.54, 1.807) is 0 Å². The minimum absolute atomic E-state index is 0.336. The van der Waals surface area contributed by atoms with Crippen molar-refractivity contribution in [2.24, 2.45) is 0 Å². The van der Waals surface area contributed by atoms with Crippen molar-refractivity contribution in [2.45, 2.75) is 31.0 Å². The number of aliphatic hydroxyl groups excluding tert-OH is 1. The molecule has 1 atom stereocenters. The maximum atomic E-state index is 13.2. The summed E-state index contributed by atoms with van der Waals surface area (Å²) in [4.78, 5) is 0. The molecular weight excluding hydrogens is 281 g/mol. The summed E-state index contributed by atoms with van der Waals surface area (Å²) in [5.41, 5.74) is -0.378. The first-order valence-electron chi connectivity index (χ1n) is 4.98. The highest BCUT2D eigenvalue weighted by molar-refractivity contribution is 5.26. The Morgan fingerprint density at radius 3 is 1.95 bits per heavy atom. The SMILES string of the molecule is Cc1cccc(C(O)C(F)(F)C(F)(F)C(F)(F)F)c1. The first-order valence-corrected chi connectivity index (χ1v) is 4.98. The van der Waals surface area contributed by atoms with E-state index >= 15 is 0 Å². The van der Waals surface area contributed by atoms with Crippen molar-refractivity contribution in [1.29, 1.82) is 0 Å². The zero-order valence-electron chi connectivity index (χ0n) is 9.48. The lowest BCUT2D eigenvalue weighted by Gasteiger charge is -2.31.